The molecule has 8 aliphatic rings. The Morgan fingerprint density at radius 3 is 2.40 bits per heavy atom. The number of benzene rings is 3. The average molecular weight is 855 g/mol. The molecule has 2 heterocycles. The van der Waals surface area contributed by atoms with Gasteiger partial charge in [0.15, 0.2) is 0 Å². The van der Waals surface area contributed by atoms with Crippen molar-refractivity contribution in [2.45, 2.75) is 140 Å². The summed E-state index contributed by atoms with van der Waals surface area (Å²) in [4.78, 5) is 8.24. The summed E-state index contributed by atoms with van der Waals surface area (Å²) < 4.78 is 2.58. The highest BCUT2D eigenvalue weighted by Gasteiger charge is 2.42. The molecule has 0 N–H and O–H groups in total. The largest absolute Gasteiger partial charge is 0.365 e. The van der Waals surface area contributed by atoms with Gasteiger partial charge < -0.3 is 19.3 Å². The van der Waals surface area contributed by atoms with E-state index in [2.05, 4.69) is 178 Å². The quantitative estimate of drug-likeness (QED) is 0.167. The Kier molecular flexibility index (Phi) is 10.8. The molecule has 1 saturated carbocycles. The molecule has 330 valence electrons. The van der Waals surface area contributed by atoms with Gasteiger partial charge in [0.2, 0.25) is 0 Å². The molecule has 1 fully saturated rings. The number of allylic oxidation sites excluding steroid dienone is 14. The van der Waals surface area contributed by atoms with E-state index in [1.165, 1.54) is 115 Å². The van der Waals surface area contributed by atoms with E-state index < -0.39 is 0 Å². The summed E-state index contributed by atoms with van der Waals surface area (Å²) in [6.07, 6.45) is 52.1. The Morgan fingerprint density at radius 2 is 1.60 bits per heavy atom. The van der Waals surface area contributed by atoms with Crippen molar-refractivity contribution in [3.63, 3.8) is 0 Å². The number of rotatable bonds is 9. The van der Waals surface area contributed by atoms with E-state index in [1.807, 2.05) is 0 Å². The minimum atomic E-state index is -0.00312. The first-order valence-electron chi connectivity index (χ1n) is 25.5. The number of hydrogen-bond donors (Lipinski definition) is 0. The van der Waals surface area contributed by atoms with Crippen molar-refractivity contribution in [1.29, 1.82) is 0 Å². The first-order valence-corrected chi connectivity index (χ1v) is 25.5. The Balaban J connectivity index is 0.846. The van der Waals surface area contributed by atoms with E-state index in [0.29, 0.717) is 24.0 Å². The van der Waals surface area contributed by atoms with Gasteiger partial charge in [0.25, 0.3) is 0 Å². The molecule has 4 nitrogen and oxygen atoms in total. The van der Waals surface area contributed by atoms with Crippen LogP contribution in [0.2, 0.25) is 0 Å². The van der Waals surface area contributed by atoms with Crippen LogP contribution in [0.5, 0.6) is 0 Å². The third-order valence-electron chi connectivity index (χ3n) is 16.6. The van der Waals surface area contributed by atoms with Gasteiger partial charge in [0.05, 0.1) is 11.6 Å². The number of aromatic nitrogens is 1. The van der Waals surface area contributed by atoms with Gasteiger partial charge in [0, 0.05) is 74.3 Å². The monoisotopic (exact) mass is 855 g/mol. The highest BCUT2D eigenvalue weighted by Crippen LogP contribution is 2.52. The highest BCUT2D eigenvalue weighted by molar-refractivity contribution is 5.91. The molecular formula is C61H66N4. The standard InChI is InChI=1S/C61H66N4/c1-61(40-38-50(39-41-61)63(46-20-8-3-9-21-46)52-35-37-56-54-27-15-17-29-58(54)65(60(56)43-52)48-24-12-5-13-25-48)44-30-32-49(33-31-44)62(45-18-6-2-7-19-45)51-34-36-55-53-26-14-16-28-57(53)64(59(55)42-51)47-22-10-4-11-23-47/h3-5,8,10-14,16,20,22,24-26,28,30,32,35,37-40,42-43,45,47,51,55H,2,6-7,9,15,17-19,21,23,27,29,31,33-34,36,41H2,1H3. The Hall–Kier alpha value is -5.74. The summed E-state index contributed by atoms with van der Waals surface area (Å²) in [5.74, 6) is 0.508. The van der Waals surface area contributed by atoms with Crippen LogP contribution in [-0.2, 0) is 12.8 Å². The minimum Gasteiger partial charge on any atom is -0.365 e. The number of nitrogens with zero attached hydrogens (tertiary/aromatic N) is 4. The lowest BCUT2D eigenvalue weighted by atomic mass is 9.73. The van der Waals surface area contributed by atoms with Gasteiger partial charge in [-0.3, -0.25) is 0 Å². The topological polar surface area (TPSA) is 14.7 Å². The molecule has 0 spiro atoms. The van der Waals surface area contributed by atoms with Gasteiger partial charge in [-0.05, 0) is 156 Å². The van der Waals surface area contributed by atoms with Gasteiger partial charge >= 0.3 is 0 Å². The molecule has 1 aliphatic heterocycles. The summed E-state index contributed by atoms with van der Waals surface area (Å²) in [7, 11) is 0. The number of fused-ring (bicyclic) bond motifs is 6. The minimum absolute atomic E-state index is 0.00312. The number of aryl methyl sites for hydroxylation is 1. The van der Waals surface area contributed by atoms with Gasteiger partial charge in [-0.25, -0.2) is 0 Å². The summed E-state index contributed by atoms with van der Waals surface area (Å²) in [5.41, 5.74) is 17.3. The second kappa shape index (κ2) is 17.2. The molecule has 7 aliphatic carbocycles. The summed E-state index contributed by atoms with van der Waals surface area (Å²) in [6.45, 7) is 2.49. The van der Waals surface area contributed by atoms with E-state index in [9.17, 15) is 0 Å². The first-order chi connectivity index (χ1) is 32.1. The van der Waals surface area contributed by atoms with Gasteiger partial charge in [-0.2, -0.15) is 0 Å². The van der Waals surface area contributed by atoms with Gasteiger partial charge in [0.1, 0.15) is 0 Å². The Bertz CT molecular complexity index is 2760. The lowest BCUT2D eigenvalue weighted by molar-refractivity contribution is 0.150. The lowest BCUT2D eigenvalue weighted by Gasteiger charge is -2.46. The maximum Gasteiger partial charge on any atom is 0.0556 e. The third kappa shape index (κ3) is 7.36. The van der Waals surface area contributed by atoms with E-state index in [1.54, 1.807) is 22.5 Å². The van der Waals surface area contributed by atoms with E-state index in [0.717, 1.165) is 44.9 Å². The zero-order chi connectivity index (χ0) is 43.3. The predicted molar refractivity (Wildman–Crippen MR) is 272 cm³/mol. The highest BCUT2D eigenvalue weighted by atomic mass is 15.2. The van der Waals surface area contributed by atoms with Gasteiger partial charge in [-0.1, -0.05) is 129 Å². The van der Waals surface area contributed by atoms with Crippen molar-refractivity contribution in [2.75, 3.05) is 9.80 Å². The predicted octanol–water partition coefficient (Wildman–Crippen LogP) is 15.2. The van der Waals surface area contributed by atoms with Crippen LogP contribution in [-0.4, -0.2) is 27.6 Å². The molecule has 0 radical (unpaired) electrons. The Labute approximate surface area is 388 Å². The molecule has 12 rings (SSSR count). The molecule has 3 aromatic carbocycles. The van der Waals surface area contributed by atoms with Gasteiger partial charge in [-0.15, -0.1) is 0 Å². The molecule has 4 aromatic rings. The second-order valence-corrected chi connectivity index (χ2v) is 20.4. The smallest absolute Gasteiger partial charge is 0.0556 e. The van der Waals surface area contributed by atoms with Crippen LogP contribution in [0.25, 0.3) is 16.6 Å². The fraction of sp³-hybridized carbons (Fsp3) is 0.377. The van der Waals surface area contributed by atoms with E-state index >= 15 is 0 Å². The molecule has 0 saturated heterocycles. The maximum absolute atomic E-state index is 2.95. The van der Waals surface area contributed by atoms with Crippen molar-refractivity contribution in [2.24, 2.45) is 5.41 Å². The normalized spacial score (nSPS) is 26.1. The SMILES string of the molecule is CC1(C2=CC=C(N(C3C=C4C(CC3)c3ccccc3N4C3C=CC=CC3)C3CCCCC3)CC2)C=CC(N(C2=CC=CCC2)c2ccc3c4c(n(-c5ccccc5)c3c2)CCCC4)=CC1. The third-order valence-corrected chi connectivity index (χ3v) is 16.6. The van der Waals surface area contributed by atoms with Crippen LogP contribution in [0, 0.1) is 5.41 Å². The molecule has 65 heavy (non-hydrogen) atoms. The molecule has 0 bridgehead atoms. The van der Waals surface area contributed by atoms with Crippen molar-refractivity contribution < 1.29 is 0 Å². The van der Waals surface area contributed by atoms with Crippen LogP contribution >= 0.6 is 0 Å². The number of anilines is 2. The van der Waals surface area contributed by atoms with Crippen LogP contribution in [0.4, 0.5) is 11.4 Å². The first kappa shape index (κ1) is 40.7. The molecule has 0 amide bonds. The summed E-state index contributed by atoms with van der Waals surface area (Å²) in [6, 6.07) is 29.1. The van der Waals surface area contributed by atoms with Crippen molar-refractivity contribution in [3.05, 3.63) is 197 Å². The molecule has 4 atom stereocenters. The van der Waals surface area contributed by atoms with Crippen molar-refractivity contribution in [1.82, 2.24) is 9.47 Å². The van der Waals surface area contributed by atoms with Crippen molar-refractivity contribution >= 4 is 22.3 Å². The molecular weight excluding hydrogens is 789 g/mol. The molecule has 4 heteroatoms. The van der Waals surface area contributed by atoms with Crippen LogP contribution < -0.4 is 9.80 Å². The summed E-state index contributed by atoms with van der Waals surface area (Å²) in [5, 5.41) is 1.43. The number of para-hydroxylation sites is 2. The van der Waals surface area contributed by atoms with Crippen LogP contribution in [0.3, 0.4) is 0 Å². The van der Waals surface area contributed by atoms with Crippen molar-refractivity contribution in [3.8, 4) is 5.69 Å². The lowest BCUT2D eigenvalue weighted by Crippen LogP contribution is -2.45. The van der Waals surface area contributed by atoms with Crippen LogP contribution in [0.15, 0.2) is 180 Å². The average Bonchev–Trinajstić information content (AvgIpc) is 3.88. The fourth-order valence-electron chi connectivity index (χ4n) is 13.3. The maximum atomic E-state index is 2.95. The Morgan fingerprint density at radius 1 is 0.723 bits per heavy atom. The zero-order valence-corrected chi connectivity index (χ0v) is 38.6. The van der Waals surface area contributed by atoms with Crippen LogP contribution in [0.1, 0.15) is 126 Å². The molecule has 1 aromatic heterocycles. The van der Waals surface area contributed by atoms with E-state index in [-0.39, 0.29) is 5.41 Å². The number of hydrogen-bond acceptors (Lipinski definition) is 3. The zero-order valence-electron chi connectivity index (χ0n) is 38.6. The summed E-state index contributed by atoms with van der Waals surface area (Å²) >= 11 is 0. The molecule has 4 unspecified atom stereocenters. The fourth-order valence-corrected chi connectivity index (χ4v) is 13.3. The van der Waals surface area contributed by atoms with E-state index in [4.69, 9.17) is 0 Å². The second-order valence-electron chi connectivity index (χ2n) is 20.4.